The van der Waals surface area contributed by atoms with Gasteiger partial charge in [-0.15, -0.1) is 0 Å². The number of hydrogen-bond acceptors (Lipinski definition) is 4. The van der Waals surface area contributed by atoms with Crippen LogP contribution in [0, 0.1) is 0 Å². The number of Topliss-reactive ketones (excluding diaryl/α,β-unsaturated/α-hetero) is 2. The van der Waals surface area contributed by atoms with Crippen LogP contribution in [0.5, 0.6) is 0 Å². The highest BCUT2D eigenvalue weighted by atomic mass is 35.5. The summed E-state index contributed by atoms with van der Waals surface area (Å²) in [4.78, 5) is 26.4. The average molecular weight is 516 g/mol. The second-order valence-electron chi connectivity index (χ2n) is 9.94. The number of rotatable bonds is 2. The van der Waals surface area contributed by atoms with Gasteiger partial charge in [-0.25, -0.2) is 0 Å². The molecule has 3 aliphatic carbocycles. The molecule has 0 amide bonds. The number of ketones is 2. The van der Waals surface area contributed by atoms with Crippen LogP contribution in [-0.2, 0) is 0 Å². The second-order valence-corrected chi connectivity index (χ2v) is 10.3. The smallest absolute Gasteiger partial charge is 0.193 e. The Hall–Kier alpha value is -4.25. The average Bonchev–Trinajstić information content (AvgIpc) is 3.48. The van der Waals surface area contributed by atoms with Gasteiger partial charge in [-0.2, -0.15) is 0 Å². The molecule has 0 spiro atoms. The number of fused-ring (bicyclic) bond motifs is 4. The summed E-state index contributed by atoms with van der Waals surface area (Å²) in [6.45, 7) is 0. The first-order valence-electron chi connectivity index (χ1n) is 12.5. The molecular weight excluding hydrogens is 496 g/mol. The van der Waals surface area contributed by atoms with E-state index >= 15 is 0 Å². The van der Waals surface area contributed by atoms with Crippen molar-refractivity contribution in [1.29, 1.82) is 0 Å². The Kier molecular flexibility index (Phi) is 5.05. The van der Waals surface area contributed by atoms with Crippen molar-refractivity contribution < 1.29 is 19.8 Å². The molecule has 4 nitrogen and oxygen atoms in total. The van der Waals surface area contributed by atoms with Crippen LogP contribution in [0.25, 0.3) is 27.3 Å². The fourth-order valence-electron chi connectivity index (χ4n) is 5.74. The fourth-order valence-corrected chi connectivity index (χ4v) is 6.04. The predicted octanol–water partition coefficient (Wildman–Crippen LogP) is 6.33. The van der Waals surface area contributed by atoms with Gasteiger partial charge in [0.15, 0.2) is 11.6 Å². The molecule has 1 unspecified atom stereocenters. The van der Waals surface area contributed by atoms with Crippen molar-refractivity contribution in [2.75, 3.05) is 0 Å². The normalized spacial score (nSPS) is 21.1. The lowest BCUT2D eigenvalue weighted by Gasteiger charge is -2.11. The van der Waals surface area contributed by atoms with E-state index in [-0.39, 0.29) is 28.5 Å². The van der Waals surface area contributed by atoms with E-state index in [1.54, 1.807) is 24.3 Å². The van der Waals surface area contributed by atoms with Gasteiger partial charge in [0.25, 0.3) is 0 Å². The van der Waals surface area contributed by atoms with Gasteiger partial charge in [0.1, 0.15) is 6.10 Å². The molecule has 0 saturated carbocycles. The number of aliphatic hydroxyl groups is 1. The van der Waals surface area contributed by atoms with Gasteiger partial charge in [0.05, 0.1) is 0 Å². The van der Waals surface area contributed by atoms with Gasteiger partial charge in [0, 0.05) is 27.3 Å². The number of halogens is 1. The van der Waals surface area contributed by atoms with Crippen LogP contribution in [0.1, 0.15) is 50.8 Å². The first kappa shape index (κ1) is 22.9. The molecule has 4 aromatic rings. The maximum Gasteiger partial charge on any atom is 0.193 e. The maximum absolute atomic E-state index is 13.2. The van der Waals surface area contributed by atoms with Crippen LogP contribution in [0.3, 0.4) is 0 Å². The lowest BCUT2D eigenvalue weighted by molar-refractivity contribution is -0.244. The van der Waals surface area contributed by atoms with Crippen molar-refractivity contribution >= 4 is 50.5 Å². The van der Waals surface area contributed by atoms with E-state index in [9.17, 15) is 19.8 Å². The van der Waals surface area contributed by atoms with Gasteiger partial charge in [-0.05, 0) is 93.1 Å². The van der Waals surface area contributed by atoms with Gasteiger partial charge in [-0.1, -0.05) is 65.9 Å². The summed E-state index contributed by atoms with van der Waals surface area (Å²) in [7, 11) is 0. The molecule has 0 aromatic heterocycles. The standard InChI is InChI=1S/C33H21ClO4/c34-29-21(15-27-30(35)23-11-17-5-1-2-6-18(17)12-24(23)31(27)36)9-10-22(29)16-28-32(37)25-13-19-7-3-4-8-20(19)14-26(25)33(28)38/h1-8,11-16,30,35,37H,9-10H2/p-1/b22-16+,27-15+. The van der Waals surface area contributed by atoms with E-state index in [1.807, 2.05) is 60.7 Å². The number of hydrogen-bond donors (Lipinski definition) is 1. The Morgan fingerprint density at radius 2 is 1.34 bits per heavy atom. The first-order chi connectivity index (χ1) is 18.4. The molecule has 5 heteroatoms. The summed E-state index contributed by atoms with van der Waals surface area (Å²) in [5, 5.41) is 28.3. The SMILES string of the molecule is O=C1C(/C=C2\CCC(/C=C3/C(=O)c4cc5ccccc5cc4C3O)=C2Cl)=C([O-])c2cc3ccccc3cc21. The lowest BCUT2D eigenvalue weighted by Crippen LogP contribution is -2.03. The highest BCUT2D eigenvalue weighted by Gasteiger charge is 2.34. The Morgan fingerprint density at radius 1 is 0.763 bits per heavy atom. The molecule has 4 aromatic carbocycles. The summed E-state index contributed by atoms with van der Waals surface area (Å²) < 4.78 is 0. The van der Waals surface area contributed by atoms with E-state index in [2.05, 4.69) is 0 Å². The Balaban J connectivity index is 1.24. The molecule has 184 valence electrons. The van der Waals surface area contributed by atoms with E-state index in [0.29, 0.717) is 51.3 Å². The number of aliphatic hydroxyl groups excluding tert-OH is 1. The van der Waals surface area contributed by atoms with Crippen LogP contribution in [-0.4, -0.2) is 16.7 Å². The van der Waals surface area contributed by atoms with Gasteiger partial charge in [0.2, 0.25) is 0 Å². The minimum Gasteiger partial charge on any atom is -0.872 e. The summed E-state index contributed by atoms with van der Waals surface area (Å²) in [6, 6.07) is 22.6. The summed E-state index contributed by atoms with van der Waals surface area (Å²) in [5.74, 6) is -0.822. The molecule has 0 radical (unpaired) electrons. The monoisotopic (exact) mass is 515 g/mol. The van der Waals surface area contributed by atoms with Crippen molar-refractivity contribution in [3.8, 4) is 0 Å². The highest BCUT2D eigenvalue weighted by Crippen LogP contribution is 2.43. The molecule has 3 aliphatic rings. The zero-order valence-corrected chi connectivity index (χ0v) is 20.9. The Labute approximate surface area is 223 Å². The molecule has 7 rings (SSSR count). The van der Waals surface area contributed by atoms with Crippen molar-refractivity contribution in [2.24, 2.45) is 0 Å². The minimum absolute atomic E-state index is 0.105. The van der Waals surface area contributed by atoms with Crippen LogP contribution >= 0.6 is 11.6 Å². The van der Waals surface area contributed by atoms with E-state index in [0.717, 1.165) is 21.5 Å². The number of allylic oxidation sites excluding steroid dienone is 6. The zero-order valence-electron chi connectivity index (χ0n) is 20.1. The fraction of sp³-hybridized carbons (Fsp3) is 0.0909. The first-order valence-corrected chi connectivity index (χ1v) is 12.8. The third kappa shape index (κ3) is 3.34. The molecular formula is C33H20ClO4-. The molecule has 0 fully saturated rings. The molecule has 1 N–H and O–H groups in total. The molecule has 0 bridgehead atoms. The molecule has 0 aliphatic heterocycles. The number of benzene rings is 4. The Bertz CT molecular complexity index is 1890. The topological polar surface area (TPSA) is 77.4 Å². The van der Waals surface area contributed by atoms with Gasteiger partial charge >= 0.3 is 0 Å². The highest BCUT2D eigenvalue weighted by molar-refractivity contribution is 6.33. The summed E-state index contributed by atoms with van der Waals surface area (Å²) >= 11 is 6.72. The molecule has 0 heterocycles. The summed E-state index contributed by atoms with van der Waals surface area (Å²) in [5.41, 5.74) is 3.67. The minimum atomic E-state index is -1.04. The van der Waals surface area contributed by atoms with Crippen molar-refractivity contribution in [2.45, 2.75) is 18.9 Å². The largest absolute Gasteiger partial charge is 0.872 e. The van der Waals surface area contributed by atoms with E-state index in [4.69, 9.17) is 11.6 Å². The molecule has 38 heavy (non-hydrogen) atoms. The van der Waals surface area contributed by atoms with Crippen LogP contribution in [0.15, 0.2) is 112 Å². The van der Waals surface area contributed by atoms with E-state index < -0.39 is 6.10 Å². The third-order valence-electron chi connectivity index (χ3n) is 7.75. The Morgan fingerprint density at radius 3 is 2.00 bits per heavy atom. The van der Waals surface area contributed by atoms with Crippen LogP contribution in [0.4, 0.5) is 0 Å². The number of carbonyl (C=O) groups is 2. The second kappa shape index (κ2) is 8.38. The number of carbonyl (C=O) groups excluding carboxylic acids is 2. The van der Waals surface area contributed by atoms with E-state index in [1.165, 1.54) is 0 Å². The lowest BCUT2D eigenvalue weighted by atomic mass is 10.0. The van der Waals surface area contributed by atoms with Gasteiger partial charge in [-0.3, -0.25) is 9.59 Å². The maximum atomic E-state index is 13.2. The predicted molar refractivity (Wildman–Crippen MR) is 147 cm³/mol. The van der Waals surface area contributed by atoms with Crippen LogP contribution < -0.4 is 5.11 Å². The van der Waals surface area contributed by atoms with Gasteiger partial charge < -0.3 is 10.2 Å². The quantitative estimate of drug-likeness (QED) is 0.316. The molecule has 0 saturated heterocycles. The van der Waals surface area contributed by atoms with Crippen molar-refractivity contribution in [3.05, 3.63) is 135 Å². The molecule has 1 atom stereocenters. The summed E-state index contributed by atoms with van der Waals surface area (Å²) in [6.07, 6.45) is 3.30. The zero-order chi connectivity index (χ0) is 26.1. The third-order valence-corrected chi connectivity index (χ3v) is 8.24. The van der Waals surface area contributed by atoms with Crippen molar-refractivity contribution in [3.63, 3.8) is 0 Å². The van der Waals surface area contributed by atoms with Crippen LogP contribution in [0.2, 0.25) is 0 Å². The van der Waals surface area contributed by atoms with Crippen molar-refractivity contribution in [1.82, 2.24) is 0 Å².